The van der Waals surface area contributed by atoms with Gasteiger partial charge >= 0.3 is 0 Å². The summed E-state index contributed by atoms with van der Waals surface area (Å²) in [6.45, 7) is 5.73. The molecule has 5 heteroatoms. The van der Waals surface area contributed by atoms with Crippen LogP contribution in [-0.2, 0) is 6.54 Å². The van der Waals surface area contributed by atoms with Gasteiger partial charge < -0.3 is 15.2 Å². The minimum absolute atomic E-state index is 0.108. The molecule has 1 fully saturated rings. The number of carbonyl (C=O) groups is 1. The van der Waals surface area contributed by atoms with Crippen molar-refractivity contribution in [1.82, 2.24) is 9.47 Å². The third-order valence-corrected chi connectivity index (χ3v) is 4.30. The molecule has 2 N–H and O–H groups in total. The highest BCUT2D eigenvalue weighted by molar-refractivity contribution is 7.99. The summed E-state index contributed by atoms with van der Waals surface area (Å²) in [6.07, 6.45) is 1.83. The van der Waals surface area contributed by atoms with E-state index in [1.807, 2.05) is 34.3 Å². The molecular formula is C12H19N3OS. The number of nitrogen functional groups attached to an aromatic ring is 1. The lowest BCUT2D eigenvalue weighted by Gasteiger charge is -2.33. The Morgan fingerprint density at radius 3 is 3.06 bits per heavy atom. The third-order valence-electron chi connectivity index (χ3n) is 3.11. The summed E-state index contributed by atoms with van der Waals surface area (Å²) in [5, 5.41) is 0. The second kappa shape index (κ2) is 5.04. The van der Waals surface area contributed by atoms with Gasteiger partial charge in [-0.05, 0) is 19.9 Å². The molecule has 1 amide bonds. The van der Waals surface area contributed by atoms with Crippen molar-refractivity contribution in [3.63, 3.8) is 0 Å². The maximum atomic E-state index is 12.4. The van der Waals surface area contributed by atoms with Gasteiger partial charge in [0.25, 0.3) is 5.91 Å². The van der Waals surface area contributed by atoms with Gasteiger partial charge in [0.05, 0.1) is 5.69 Å². The minimum atomic E-state index is 0.108. The molecule has 1 aromatic rings. The van der Waals surface area contributed by atoms with Gasteiger partial charge in [-0.3, -0.25) is 4.79 Å². The van der Waals surface area contributed by atoms with Crippen LogP contribution in [0.4, 0.5) is 5.69 Å². The molecule has 17 heavy (non-hydrogen) atoms. The smallest absolute Gasteiger partial charge is 0.270 e. The summed E-state index contributed by atoms with van der Waals surface area (Å²) >= 11 is 1.91. The molecule has 1 aromatic heterocycles. The summed E-state index contributed by atoms with van der Waals surface area (Å²) in [4.78, 5) is 14.4. The monoisotopic (exact) mass is 253 g/mol. The van der Waals surface area contributed by atoms with Crippen LogP contribution in [0.25, 0.3) is 0 Å². The van der Waals surface area contributed by atoms with Gasteiger partial charge in [0.2, 0.25) is 0 Å². The van der Waals surface area contributed by atoms with Gasteiger partial charge in [0.1, 0.15) is 5.69 Å². The number of carbonyl (C=O) groups excluding carboxylic acids is 1. The van der Waals surface area contributed by atoms with E-state index < -0.39 is 0 Å². The fraction of sp³-hybridized carbons (Fsp3) is 0.583. The van der Waals surface area contributed by atoms with Crippen molar-refractivity contribution in [3.05, 3.63) is 18.0 Å². The standard InChI is InChI=1S/C12H19N3OS/c1-3-14-7-10(13)6-11(14)12(16)15-4-5-17-8-9(15)2/h6-7,9H,3-5,8,13H2,1-2H3. The van der Waals surface area contributed by atoms with Gasteiger partial charge in [0, 0.05) is 36.8 Å². The second-order valence-corrected chi connectivity index (χ2v) is 5.52. The molecule has 0 bridgehead atoms. The number of thioether (sulfide) groups is 1. The molecule has 0 saturated carbocycles. The Hall–Kier alpha value is -1.10. The van der Waals surface area contributed by atoms with E-state index in [2.05, 4.69) is 6.92 Å². The Labute approximate surface area is 106 Å². The van der Waals surface area contributed by atoms with Crippen molar-refractivity contribution in [3.8, 4) is 0 Å². The van der Waals surface area contributed by atoms with E-state index in [4.69, 9.17) is 5.73 Å². The van der Waals surface area contributed by atoms with Gasteiger partial charge in [-0.25, -0.2) is 0 Å². The predicted molar refractivity (Wildman–Crippen MR) is 72.3 cm³/mol. The summed E-state index contributed by atoms with van der Waals surface area (Å²) < 4.78 is 1.92. The van der Waals surface area contributed by atoms with Gasteiger partial charge in [0.15, 0.2) is 0 Å². The van der Waals surface area contributed by atoms with Crippen molar-refractivity contribution in [2.75, 3.05) is 23.8 Å². The zero-order valence-corrected chi connectivity index (χ0v) is 11.2. The topological polar surface area (TPSA) is 51.3 Å². The number of hydrogen-bond donors (Lipinski definition) is 1. The highest BCUT2D eigenvalue weighted by Gasteiger charge is 2.26. The molecule has 4 nitrogen and oxygen atoms in total. The van der Waals surface area contributed by atoms with Crippen LogP contribution in [0, 0.1) is 0 Å². The fourth-order valence-corrected chi connectivity index (χ4v) is 3.16. The van der Waals surface area contributed by atoms with E-state index in [1.54, 1.807) is 6.07 Å². The van der Waals surface area contributed by atoms with Crippen molar-refractivity contribution in [1.29, 1.82) is 0 Å². The largest absolute Gasteiger partial charge is 0.397 e. The predicted octanol–water partition coefficient (Wildman–Crippen LogP) is 1.67. The highest BCUT2D eigenvalue weighted by atomic mass is 32.2. The molecule has 1 aliphatic rings. The van der Waals surface area contributed by atoms with Gasteiger partial charge in [-0.1, -0.05) is 0 Å². The van der Waals surface area contributed by atoms with Crippen molar-refractivity contribution in [2.24, 2.45) is 0 Å². The van der Waals surface area contributed by atoms with Crippen molar-refractivity contribution >= 4 is 23.4 Å². The molecule has 0 aliphatic carbocycles. The maximum absolute atomic E-state index is 12.4. The zero-order valence-electron chi connectivity index (χ0n) is 10.3. The number of rotatable bonds is 2. The molecule has 2 heterocycles. The van der Waals surface area contributed by atoms with Crippen molar-refractivity contribution in [2.45, 2.75) is 26.4 Å². The van der Waals surface area contributed by atoms with E-state index >= 15 is 0 Å². The number of aryl methyl sites for hydroxylation is 1. The quantitative estimate of drug-likeness (QED) is 0.872. The summed E-state index contributed by atoms with van der Waals surface area (Å²) in [5.41, 5.74) is 7.13. The Morgan fingerprint density at radius 1 is 1.65 bits per heavy atom. The molecule has 0 spiro atoms. The fourth-order valence-electron chi connectivity index (χ4n) is 2.15. The molecule has 1 atom stereocenters. The summed E-state index contributed by atoms with van der Waals surface area (Å²) in [5.74, 6) is 2.16. The molecule has 0 aromatic carbocycles. The van der Waals surface area contributed by atoms with Crippen LogP contribution in [0.2, 0.25) is 0 Å². The number of nitrogens with two attached hydrogens (primary N) is 1. The first-order valence-electron chi connectivity index (χ1n) is 5.97. The van der Waals surface area contributed by atoms with Crippen LogP contribution >= 0.6 is 11.8 Å². The molecule has 2 rings (SSSR count). The first-order valence-corrected chi connectivity index (χ1v) is 7.13. The van der Waals surface area contributed by atoms with E-state index in [9.17, 15) is 4.79 Å². The van der Waals surface area contributed by atoms with Crippen LogP contribution in [-0.4, -0.2) is 39.5 Å². The summed E-state index contributed by atoms with van der Waals surface area (Å²) in [7, 11) is 0. The molecular weight excluding hydrogens is 234 g/mol. The van der Waals surface area contributed by atoms with Crippen LogP contribution in [0.5, 0.6) is 0 Å². The number of anilines is 1. The van der Waals surface area contributed by atoms with Crippen LogP contribution in [0.15, 0.2) is 12.3 Å². The van der Waals surface area contributed by atoms with Gasteiger partial charge in [-0.2, -0.15) is 11.8 Å². The maximum Gasteiger partial charge on any atom is 0.270 e. The lowest BCUT2D eigenvalue weighted by Crippen LogP contribution is -2.45. The molecule has 1 unspecified atom stereocenters. The SMILES string of the molecule is CCn1cc(N)cc1C(=O)N1CCSCC1C. The van der Waals surface area contributed by atoms with Crippen LogP contribution in [0.3, 0.4) is 0 Å². The van der Waals surface area contributed by atoms with E-state index in [1.165, 1.54) is 0 Å². The molecule has 0 radical (unpaired) electrons. The van der Waals surface area contributed by atoms with Crippen LogP contribution in [0.1, 0.15) is 24.3 Å². The number of amides is 1. The lowest BCUT2D eigenvalue weighted by molar-refractivity contribution is 0.0705. The van der Waals surface area contributed by atoms with E-state index in [0.29, 0.717) is 17.4 Å². The number of aromatic nitrogens is 1. The Bertz CT molecular complexity index is 416. The highest BCUT2D eigenvalue weighted by Crippen LogP contribution is 2.20. The zero-order chi connectivity index (χ0) is 12.4. The number of hydrogen-bond acceptors (Lipinski definition) is 3. The first kappa shape index (κ1) is 12.4. The second-order valence-electron chi connectivity index (χ2n) is 4.37. The van der Waals surface area contributed by atoms with Crippen LogP contribution < -0.4 is 5.73 Å². The first-order chi connectivity index (χ1) is 8.13. The normalized spacial score (nSPS) is 20.6. The summed E-state index contributed by atoms with van der Waals surface area (Å²) in [6, 6.07) is 2.09. The Balaban J connectivity index is 2.23. The minimum Gasteiger partial charge on any atom is -0.397 e. The van der Waals surface area contributed by atoms with E-state index in [-0.39, 0.29) is 5.91 Å². The van der Waals surface area contributed by atoms with Crippen molar-refractivity contribution < 1.29 is 4.79 Å². The third kappa shape index (κ3) is 2.44. The average molecular weight is 253 g/mol. The Kier molecular flexibility index (Phi) is 3.66. The number of nitrogens with zero attached hydrogens (tertiary/aromatic N) is 2. The van der Waals surface area contributed by atoms with Gasteiger partial charge in [-0.15, -0.1) is 0 Å². The Morgan fingerprint density at radius 2 is 2.41 bits per heavy atom. The van der Waals surface area contributed by atoms with E-state index in [0.717, 1.165) is 24.6 Å². The lowest BCUT2D eigenvalue weighted by atomic mass is 10.2. The molecule has 94 valence electrons. The average Bonchev–Trinajstić information content (AvgIpc) is 2.70. The molecule has 1 aliphatic heterocycles. The molecule has 1 saturated heterocycles.